The highest BCUT2D eigenvalue weighted by Gasteiger charge is 2.54. The first-order valence-electron chi connectivity index (χ1n) is 6.49. The smallest absolute Gasteiger partial charge is 0.270 e. The number of ether oxygens (including phenoxy) is 1. The number of nitro groups is 1. The molecule has 2 aliphatic rings. The standard InChI is InChI=1S/C13H14FN3O3S/c1-7-13(8(5-20-7)6-21-12(15)16-13)10-4-9(17(18)19)2-3-11(10)14/h2-4,7-8H,5-6H2,1H3,(H2,15,16)/t7-,8-,13-/m0/s1. The zero-order valence-electron chi connectivity index (χ0n) is 11.3. The first-order valence-corrected chi connectivity index (χ1v) is 7.48. The summed E-state index contributed by atoms with van der Waals surface area (Å²) in [6, 6.07) is 3.51. The van der Waals surface area contributed by atoms with Gasteiger partial charge in [0.05, 0.1) is 17.6 Å². The fourth-order valence-corrected chi connectivity index (χ4v) is 3.98. The Morgan fingerprint density at radius 2 is 2.38 bits per heavy atom. The van der Waals surface area contributed by atoms with Crippen LogP contribution in [0.25, 0.3) is 0 Å². The number of fused-ring (bicyclic) bond motifs is 1. The van der Waals surface area contributed by atoms with Gasteiger partial charge in [0.25, 0.3) is 5.69 Å². The summed E-state index contributed by atoms with van der Waals surface area (Å²) in [5.74, 6) is 0.0784. The molecule has 0 aromatic heterocycles. The lowest BCUT2D eigenvalue weighted by Gasteiger charge is -2.37. The third-order valence-electron chi connectivity index (χ3n) is 4.11. The highest BCUT2D eigenvalue weighted by atomic mass is 32.2. The van der Waals surface area contributed by atoms with Crippen LogP contribution >= 0.6 is 11.8 Å². The molecule has 0 aliphatic carbocycles. The van der Waals surface area contributed by atoms with Gasteiger partial charge in [-0.05, 0) is 13.0 Å². The lowest BCUT2D eigenvalue weighted by Crippen LogP contribution is -2.44. The average Bonchev–Trinajstić information content (AvgIpc) is 2.76. The predicted molar refractivity (Wildman–Crippen MR) is 77.7 cm³/mol. The van der Waals surface area contributed by atoms with Gasteiger partial charge in [-0.25, -0.2) is 9.38 Å². The molecule has 1 aromatic rings. The fourth-order valence-electron chi connectivity index (χ4n) is 3.04. The van der Waals surface area contributed by atoms with Crippen LogP contribution in [0.1, 0.15) is 12.5 Å². The number of non-ortho nitro benzene ring substituents is 1. The van der Waals surface area contributed by atoms with Gasteiger partial charge < -0.3 is 10.5 Å². The normalized spacial score (nSPS) is 31.6. The molecule has 6 nitrogen and oxygen atoms in total. The highest BCUT2D eigenvalue weighted by Crippen LogP contribution is 2.49. The van der Waals surface area contributed by atoms with E-state index < -0.39 is 22.4 Å². The number of amidine groups is 1. The second-order valence-corrected chi connectivity index (χ2v) is 6.22. The first-order chi connectivity index (χ1) is 9.95. The van der Waals surface area contributed by atoms with Gasteiger partial charge in [-0.3, -0.25) is 10.1 Å². The van der Waals surface area contributed by atoms with E-state index in [-0.39, 0.29) is 17.2 Å². The molecule has 2 heterocycles. The van der Waals surface area contributed by atoms with E-state index in [0.29, 0.717) is 17.5 Å². The molecule has 8 heteroatoms. The van der Waals surface area contributed by atoms with Crippen LogP contribution in [0, 0.1) is 21.8 Å². The summed E-state index contributed by atoms with van der Waals surface area (Å²) in [7, 11) is 0. The van der Waals surface area contributed by atoms with Crippen molar-refractivity contribution in [3.05, 3.63) is 39.7 Å². The number of hydrogen-bond acceptors (Lipinski definition) is 6. The second-order valence-electron chi connectivity index (χ2n) is 5.18. The summed E-state index contributed by atoms with van der Waals surface area (Å²) < 4.78 is 20.0. The van der Waals surface area contributed by atoms with Gasteiger partial charge in [0.2, 0.25) is 0 Å². The molecule has 21 heavy (non-hydrogen) atoms. The minimum absolute atomic E-state index is 0.0543. The Bertz CT molecular complexity index is 639. The summed E-state index contributed by atoms with van der Waals surface area (Å²) >= 11 is 1.40. The Morgan fingerprint density at radius 1 is 1.62 bits per heavy atom. The van der Waals surface area contributed by atoms with Gasteiger partial charge in [0.15, 0.2) is 5.17 Å². The number of thioether (sulfide) groups is 1. The molecule has 1 fully saturated rings. The number of nitrogens with two attached hydrogens (primary N) is 1. The molecule has 1 aromatic carbocycles. The van der Waals surface area contributed by atoms with Crippen molar-refractivity contribution in [2.45, 2.75) is 18.6 Å². The summed E-state index contributed by atoms with van der Waals surface area (Å²) in [6.07, 6.45) is -0.390. The number of rotatable bonds is 2. The van der Waals surface area contributed by atoms with E-state index in [2.05, 4.69) is 4.99 Å². The number of halogens is 1. The summed E-state index contributed by atoms with van der Waals surface area (Å²) in [6.45, 7) is 2.23. The van der Waals surface area contributed by atoms with E-state index in [0.717, 1.165) is 12.1 Å². The van der Waals surface area contributed by atoms with Gasteiger partial charge in [-0.2, -0.15) is 0 Å². The van der Waals surface area contributed by atoms with Crippen molar-refractivity contribution < 1.29 is 14.1 Å². The molecule has 0 saturated carbocycles. The van der Waals surface area contributed by atoms with E-state index in [1.807, 2.05) is 0 Å². The maximum Gasteiger partial charge on any atom is 0.270 e. The molecule has 112 valence electrons. The molecule has 0 bridgehead atoms. The van der Waals surface area contributed by atoms with Crippen LogP contribution in [-0.2, 0) is 10.3 Å². The van der Waals surface area contributed by atoms with E-state index in [4.69, 9.17) is 10.5 Å². The van der Waals surface area contributed by atoms with Crippen LogP contribution in [0.3, 0.4) is 0 Å². The van der Waals surface area contributed by atoms with Crippen molar-refractivity contribution in [2.75, 3.05) is 12.4 Å². The van der Waals surface area contributed by atoms with Gasteiger partial charge in [0, 0.05) is 29.4 Å². The minimum Gasteiger partial charge on any atom is -0.379 e. The molecule has 0 spiro atoms. The number of aliphatic imine (C=N–C) groups is 1. The van der Waals surface area contributed by atoms with Gasteiger partial charge >= 0.3 is 0 Å². The number of nitro benzene ring substituents is 1. The molecule has 1 saturated heterocycles. The zero-order valence-corrected chi connectivity index (χ0v) is 12.1. The van der Waals surface area contributed by atoms with Crippen LogP contribution in [0.5, 0.6) is 0 Å². The van der Waals surface area contributed by atoms with Gasteiger partial charge in [-0.1, -0.05) is 11.8 Å². The van der Waals surface area contributed by atoms with Gasteiger partial charge in [-0.15, -0.1) is 0 Å². The molecule has 3 rings (SSSR count). The molecular weight excluding hydrogens is 297 g/mol. The maximum absolute atomic E-state index is 14.4. The summed E-state index contributed by atoms with van der Waals surface area (Å²) in [4.78, 5) is 14.9. The van der Waals surface area contributed by atoms with Crippen LogP contribution in [0.15, 0.2) is 23.2 Å². The Morgan fingerprint density at radius 3 is 3.10 bits per heavy atom. The topological polar surface area (TPSA) is 90.8 Å². The minimum atomic E-state index is -0.981. The quantitative estimate of drug-likeness (QED) is 0.666. The van der Waals surface area contributed by atoms with E-state index in [9.17, 15) is 14.5 Å². The fraction of sp³-hybridized carbons (Fsp3) is 0.462. The monoisotopic (exact) mass is 311 g/mol. The molecule has 0 amide bonds. The van der Waals surface area contributed by atoms with Crippen molar-refractivity contribution in [3.8, 4) is 0 Å². The van der Waals surface area contributed by atoms with Crippen LogP contribution in [-0.4, -0.2) is 28.6 Å². The van der Waals surface area contributed by atoms with Crippen LogP contribution in [0.4, 0.5) is 10.1 Å². The summed E-state index contributed by atoms with van der Waals surface area (Å²) in [5, 5.41) is 11.3. The highest BCUT2D eigenvalue weighted by molar-refractivity contribution is 8.13. The van der Waals surface area contributed by atoms with E-state index >= 15 is 0 Å². The largest absolute Gasteiger partial charge is 0.379 e. The van der Waals surface area contributed by atoms with Crippen LogP contribution < -0.4 is 5.73 Å². The Kier molecular flexibility index (Phi) is 3.37. The van der Waals surface area contributed by atoms with Crippen molar-refractivity contribution >= 4 is 22.6 Å². The first kappa shape index (κ1) is 14.3. The molecule has 2 N–H and O–H groups in total. The number of nitrogens with zero attached hydrogens (tertiary/aromatic N) is 2. The van der Waals surface area contributed by atoms with Gasteiger partial charge in [0.1, 0.15) is 11.4 Å². The number of hydrogen-bond donors (Lipinski definition) is 1. The van der Waals surface area contributed by atoms with Crippen LogP contribution in [0.2, 0.25) is 0 Å². The van der Waals surface area contributed by atoms with Crippen molar-refractivity contribution in [1.82, 2.24) is 0 Å². The lowest BCUT2D eigenvalue weighted by atomic mass is 9.77. The summed E-state index contributed by atoms with van der Waals surface area (Å²) in [5.41, 5.74) is 4.87. The second kappa shape index (κ2) is 4.96. The SMILES string of the molecule is C[C@@H]1OC[C@H]2CSC(N)=N[C@]21c1cc([N+](=O)[O-])ccc1F. The molecule has 0 radical (unpaired) electrons. The molecular formula is C13H14FN3O3S. The van der Waals surface area contributed by atoms with Crippen molar-refractivity contribution in [2.24, 2.45) is 16.6 Å². The Hall–Kier alpha value is -1.67. The van der Waals surface area contributed by atoms with E-state index in [1.54, 1.807) is 6.92 Å². The maximum atomic E-state index is 14.4. The predicted octanol–water partition coefficient (Wildman–Crippen LogP) is 2.03. The molecule has 3 atom stereocenters. The molecule has 0 unspecified atom stereocenters. The zero-order chi connectivity index (χ0) is 15.2. The third kappa shape index (κ3) is 2.09. The third-order valence-corrected chi connectivity index (χ3v) is 5.07. The lowest BCUT2D eigenvalue weighted by molar-refractivity contribution is -0.385. The Balaban J connectivity index is 2.22. The van der Waals surface area contributed by atoms with Crippen molar-refractivity contribution in [1.29, 1.82) is 0 Å². The van der Waals surface area contributed by atoms with Crippen molar-refractivity contribution in [3.63, 3.8) is 0 Å². The van der Waals surface area contributed by atoms with E-state index in [1.165, 1.54) is 17.8 Å². The average molecular weight is 311 g/mol. The molecule has 2 aliphatic heterocycles. The number of benzene rings is 1. The Labute approximate surface area is 124 Å².